The van der Waals surface area contributed by atoms with Crippen molar-refractivity contribution in [3.05, 3.63) is 18.4 Å². The smallest absolute Gasteiger partial charge is 0.237 e. The van der Waals surface area contributed by atoms with E-state index in [0.717, 1.165) is 12.2 Å². The third kappa shape index (κ3) is 1.63. The van der Waals surface area contributed by atoms with Gasteiger partial charge < -0.3 is 9.73 Å². The van der Waals surface area contributed by atoms with Gasteiger partial charge in [0.05, 0.1) is 18.3 Å². The minimum absolute atomic E-state index is 0.0418. The van der Waals surface area contributed by atoms with Gasteiger partial charge >= 0.3 is 0 Å². The maximum absolute atomic E-state index is 11.3. The van der Waals surface area contributed by atoms with Crippen molar-refractivity contribution < 1.29 is 9.21 Å². The Morgan fingerprint density at radius 3 is 3.21 bits per heavy atom. The van der Waals surface area contributed by atoms with Crippen molar-refractivity contribution in [2.24, 2.45) is 0 Å². The highest BCUT2D eigenvalue weighted by molar-refractivity contribution is 5.82. The van der Waals surface area contributed by atoms with E-state index in [2.05, 4.69) is 15.6 Å². The van der Waals surface area contributed by atoms with Crippen molar-refractivity contribution in [3.63, 3.8) is 0 Å². The molecule has 2 heterocycles. The van der Waals surface area contributed by atoms with E-state index in [4.69, 9.17) is 4.42 Å². The van der Waals surface area contributed by atoms with E-state index >= 15 is 0 Å². The molecule has 0 radical (unpaired) electrons. The molecule has 1 aliphatic rings. The van der Waals surface area contributed by atoms with Gasteiger partial charge in [0.25, 0.3) is 0 Å². The Morgan fingerprint density at radius 2 is 2.57 bits per heavy atom. The van der Waals surface area contributed by atoms with Crippen LogP contribution < -0.4 is 10.6 Å². The van der Waals surface area contributed by atoms with Crippen LogP contribution in [0.1, 0.15) is 25.1 Å². The molecule has 1 amide bonds. The van der Waals surface area contributed by atoms with Crippen molar-refractivity contribution in [1.29, 1.82) is 0 Å². The van der Waals surface area contributed by atoms with Crippen molar-refractivity contribution in [2.75, 3.05) is 6.54 Å². The standard InChI is InChI=1S/C9H13N3O2/c1-2-6-9(13)11-3-7(12-6)8-4-10-5-14-8/h4-7,12H,2-3H2,1H3,(H,11,13). The van der Waals surface area contributed by atoms with Crippen LogP contribution in [0.4, 0.5) is 0 Å². The van der Waals surface area contributed by atoms with Crippen molar-refractivity contribution in [3.8, 4) is 0 Å². The molecule has 1 aromatic heterocycles. The number of carbonyl (C=O) groups is 1. The topological polar surface area (TPSA) is 67.2 Å². The second-order valence-electron chi connectivity index (χ2n) is 3.33. The fourth-order valence-corrected chi connectivity index (χ4v) is 1.59. The Bertz CT molecular complexity index is 310. The van der Waals surface area contributed by atoms with Gasteiger partial charge in [-0.15, -0.1) is 0 Å². The second kappa shape index (κ2) is 3.79. The Morgan fingerprint density at radius 1 is 1.71 bits per heavy atom. The molecule has 2 N–H and O–H groups in total. The van der Waals surface area contributed by atoms with E-state index in [-0.39, 0.29) is 18.0 Å². The summed E-state index contributed by atoms with van der Waals surface area (Å²) in [4.78, 5) is 15.2. The summed E-state index contributed by atoms with van der Waals surface area (Å²) >= 11 is 0. The third-order valence-electron chi connectivity index (χ3n) is 2.40. The summed E-state index contributed by atoms with van der Waals surface area (Å²) in [7, 11) is 0. The highest BCUT2D eigenvalue weighted by Gasteiger charge is 2.28. The van der Waals surface area contributed by atoms with Crippen LogP contribution in [-0.2, 0) is 4.79 Å². The molecule has 14 heavy (non-hydrogen) atoms. The highest BCUT2D eigenvalue weighted by atomic mass is 16.3. The van der Waals surface area contributed by atoms with Crippen LogP contribution in [-0.4, -0.2) is 23.5 Å². The lowest BCUT2D eigenvalue weighted by atomic mass is 10.1. The zero-order chi connectivity index (χ0) is 9.97. The summed E-state index contributed by atoms with van der Waals surface area (Å²) in [6, 6.07) is -0.0843. The van der Waals surface area contributed by atoms with Gasteiger partial charge in [-0.2, -0.15) is 0 Å². The molecule has 2 rings (SSSR count). The lowest BCUT2D eigenvalue weighted by Crippen LogP contribution is -2.53. The Hall–Kier alpha value is -1.36. The molecular weight excluding hydrogens is 182 g/mol. The van der Waals surface area contributed by atoms with Crippen molar-refractivity contribution in [1.82, 2.24) is 15.6 Å². The number of hydrogen-bond acceptors (Lipinski definition) is 4. The van der Waals surface area contributed by atoms with Gasteiger partial charge in [-0.25, -0.2) is 4.98 Å². The number of hydrogen-bond donors (Lipinski definition) is 2. The first kappa shape index (κ1) is 9.21. The molecule has 0 aliphatic carbocycles. The second-order valence-corrected chi connectivity index (χ2v) is 3.33. The van der Waals surface area contributed by atoms with Gasteiger partial charge in [0.1, 0.15) is 5.76 Å². The van der Waals surface area contributed by atoms with E-state index in [9.17, 15) is 4.79 Å². The molecule has 0 aromatic carbocycles. The first-order valence-electron chi connectivity index (χ1n) is 4.73. The minimum Gasteiger partial charge on any atom is -0.447 e. The first-order valence-corrected chi connectivity index (χ1v) is 4.73. The molecule has 5 nitrogen and oxygen atoms in total. The molecule has 0 bridgehead atoms. The summed E-state index contributed by atoms with van der Waals surface area (Å²) in [5, 5.41) is 6.04. The number of oxazole rings is 1. The summed E-state index contributed by atoms with van der Waals surface area (Å²) in [5.41, 5.74) is 0. The van der Waals surface area contributed by atoms with Crippen molar-refractivity contribution in [2.45, 2.75) is 25.4 Å². The average Bonchev–Trinajstić information content (AvgIpc) is 2.71. The minimum atomic E-state index is -0.126. The van der Waals surface area contributed by atoms with Crippen LogP contribution in [0.25, 0.3) is 0 Å². The Balaban J connectivity index is 2.06. The molecule has 1 aromatic rings. The van der Waals surface area contributed by atoms with Crippen LogP contribution in [0.5, 0.6) is 0 Å². The lowest BCUT2D eigenvalue weighted by Gasteiger charge is -2.28. The molecule has 2 atom stereocenters. The van der Waals surface area contributed by atoms with Gasteiger partial charge in [-0.1, -0.05) is 6.92 Å². The number of rotatable bonds is 2. The number of amides is 1. The predicted octanol–water partition coefficient (Wildman–Crippen LogP) is 0.214. The van der Waals surface area contributed by atoms with Gasteiger partial charge in [0.2, 0.25) is 5.91 Å². The van der Waals surface area contributed by atoms with Gasteiger partial charge in [0.15, 0.2) is 6.39 Å². The van der Waals surface area contributed by atoms with Crippen LogP contribution >= 0.6 is 0 Å². The molecule has 76 valence electrons. The monoisotopic (exact) mass is 195 g/mol. The third-order valence-corrected chi connectivity index (χ3v) is 2.40. The first-order chi connectivity index (χ1) is 6.81. The number of carbonyl (C=O) groups excluding carboxylic acids is 1. The summed E-state index contributed by atoms with van der Waals surface area (Å²) in [5.74, 6) is 0.826. The van der Waals surface area contributed by atoms with E-state index in [1.54, 1.807) is 6.20 Å². The molecule has 1 saturated heterocycles. The van der Waals surface area contributed by atoms with Crippen LogP contribution in [0.15, 0.2) is 17.0 Å². The van der Waals surface area contributed by atoms with Gasteiger partial charge in [-0.3, -0.25) is 10.1 Å². The zero-order valence-electron chi connectivity index (χ0n) is 7.99. The molecule has 1 aliphatic heterocycles. The van der Waals surface area contributed by atoms with Crippen LogP contribution in [0.2, 0.25) is 0 Å². The zero-order valence-corrected chi connectivity index (χ0v) is 7.99. The number of aromatic nitrogens is 1. The maximum Gasteiger partial charge on any atom is 0.237 e. The van der Waals surface area contributed by atoms with E-state index in [0.29, 0.717) is 6.54 Å². The van der Waals surface area contributed by atoms with Gasteiger partial charge in [-0.05, 0) is 6.42 Å². The van der Waals surface area contributed by atoms with Crippen molar-refractivity contribution >= 4 is 5.91 Å². The summed E-state index contributed by atoms with van der Waals surface area (Å²) in [6.45, 7) is 2.53. The number of nitrogens with zero attached hydrogens (tertiary/aromatic N) is 1. The Kier molecular flexibility index (Phi) is 2.49. The maximum atomic E-state index is 11.3. The largest absolute Gasteiger partial charge is 0.447 e. The quantitative estimate of drug-likeness (QED) is 0.708. The van der Waals surface area contributed by atoms with E-state index in [1.807, 2.05) is 6.92 Å². The normalized spacial score (nSPS) is 27.4. The van der Waals surface area contributed by atoms with Gasteiger partial charge in [0, 0.05) is 6.54 Å². The van der Waals surface area contributed by atoms with E-state index < -0.39 is 0 Å². The highest BCUT2D eigenvalue weighted by Crippen LogP contribution is 2.15. The fraction of sp³-hybridized carbons (Fsp3) is 0.556. The summed E-state index contributed by atoms with van der Waals surface area (Å²) in [6.07, 6.45) is 3.84. The molecule has 5 heteroatoms. The van der Waals surface area contributed by atoms with Crippen LogP contribution in [0.3, 0.4) is 0 Å². The molecule has 1 fully saturated rings. The number of piperazine rings is 1. The molecule has 0 spiro atoms. The Labute approximate surface area is 81.9 Å². The fourth-order valence-electron chi connectivity index (χ4n) is 1.59. The molecule has 0 saturated carbocycles. The SMILES string of the molecule is CCC1NC(c2cnco2)CNC1=O. The molecular formula is C9H13N3O2. The predicted molar refractivity (Wildman–Crippen MR) is 49.5 cm³/mol. The van der Waals surface area contributed by atoms with E-state index in [1.165, 1.54) is 6.39 Å². The van der Waals surface area contributed by atoms with Crippen LogP contribution in [0, 0.1) is 0 Å². The molecule has 2 unspecified atom stereocenters. The number of nitrogens with one attached hydrogen (secondary N) is 2. The lowest BCUT2D eigenvalue weighted by molar-refractivity contribution is -0.125. The average molecular weight is 195 g/mol. The summed E-state index contributed by atoms with van der Waals surface area (Å²) < 4.78 is 5.18.